The van der Waals surface area contributed by atoms with Crippen LogP contribution >= 0.6 is 0 Å². The van der Waals surface area contributed by atoms with Gasteiger partial charge in [-0.05, 0) is 45.5 Å². The van der Waals surface area contributed by atoms with E-state index in [9.17, 15) is 4.39 Å². The summed E-state index contributed by atoms with van der Waals surface area (Å²) in [5.41, 5.74) is 1.17. The van der Waals surface area contributed by atoms with Crippen LogP contribution in [0.25, 0.3) is 0 Å². The molecule has 0 saturated heterocycles. The van der Waals surface area contributed by atoms with Crippen LogP contribution in [0.5, 0.6) is 0 Å². The Bertz CT molecular complexity index is 414. The van der Waals surface area contributed by atoms with E-state index in [0.29, 0.717) is 0 Å². The van der Waals surface area contributed by atoms with Gasteiger partial charge in [0.1, 0.15) is 5.82 Å². The summed E-state index contributed by atoms with van der Waals surface area (Å²) in [6.45, 7) is 3.01. The lowest BCUT2D eigenvalue weighted by molar-refractivity contribution is 0.150. The summed E-state index contributed by atoms with van der Waals surface area (Å²) in [5, 5.41) is 3.54. The van der Waals surface area contributed by atoms with E-state index in [2.05, 4.69) is 36.2 Å². The van der Waals surface area contributed by atoms with E-state index in [-0.39, 0.29) is 17.4 Å². The van der Waals surface area contributed by atoms with E-state index in [1.807, 2.05) is 0 Å². The minimum atomic E-state index is -0.269. The van der Waals surface area contributed by atoms with Crippen LogP contribution in [0.2, 0.25) is 0 Å². The van der Waals surface area contributed by atoms with Crippen molar-refractivity contribution in [2.75, 3.05) is 20.6 Å². The Morgan fingerprint density at radius 2 is 2.05 bits per heavy atom. The summed E-state index contributed by atoms with van der Waals surface area (Å²) < 4.78 is 13.2. The molecule has 0 aliphatic heterocycles. The predicted molar refractivity (Wildman–Crippen MR) is 75.5 cm³/mol. The van der Waals surface area contributed by atoms with E-state index >= 15 is 0 Å². The maximum atomic E-state index is 13.2. The van der Waals surface area contributed by atoms with Gasteiger partial charge in [0, 0.05) is 24.3 Å². The van der Waals surface area contributed by atoms with Crippen molar-refractivity contribution in [2.24, 2.45) is 0 Å². The van der Waals surface area contributed by atoms with E-state index in [0.717, 1.165) is 12.1 Å². The summed E-state index contributed by atoms with van der Waals surface area (Å²) in [6, 6.07) is 1.68. The predicted octanol–water partition coefficient (Wildman–Crippen LogP) is 2.75. The van der Waals surface area contributed by atoms with Crippen molar-refractivity contribution in [1.29, 1.82) is 0 Å². The highest BCUT2D eigenvalue weighted by Gasteiger charge is 2.35. The molecule has 2 rings (SSSR count). The Balaban J connectivity index is 1.97. The summed E-state index contributed by atoms with van der Waals surface area (Å²) in [4.78, 5) is 6.25. The van der Waals surface area contributed by atoms with Gasteiger partial charge in [-0.1, -0.05) is 12.8 Å². The fraction of sp³-hybridized carbons (Fsp3) is 0.667. The average molecular weight is 265 g/mol. The van der Waals surface area contributed by atoms with E-state index in [1.54, 1.807) is 12.3 Å². The molecule has 0 spiro atoms. The van der Waals surface area contributed by atoms with Crippen LogP contribution in [-0.4, -0.2) is 36.1 Å². The van der Waals surface area contributed by atoms with Crippen molar-refractivity contribution in [3.8, 4) is 0 Å². The highest BCUT2D eigenvalue weighted by molar-refractivity contribution is 5.14. The van der Waals surface area contributed by atoms with Gasteiger partial charge in [-0.3, -0.25) is 4.98 Å². The number of hydrogen-bond donors (Lipinski definition) is 1. The molecule has 0 amide bonds. The lowest BCUT2D eigenvalue weighted by Crippen LogP contribution is -2.50. The maximum Gasteiger partial charge on any atom is 0.141 e. The highest BCUT2D eigenvalue weighted by atomic mass is 19.1. The molecule has 1 saturated carbocycles. The fourth-order valence-corrected chi connectivity index (χ4v) is 2.94. The molecule has 1 aromatic heterocycles. The molecule has 3 nitrogen and oxygen atoms in total. The first kappa shape index (κ1) is 14.4. The zero-order chi connectivity index (χ0) is 13.9. The van der Waals surface area contributed by atoms with E-state index in [4.69, 9.17) is 0 Å². The average Bonchev–Trinajstić information content (AvgIpc) is 2.86. The van der Waals surface area contributed by atoms with Crippen LogP contribution in [0.15, 0.2) is 18.5 Å². The second-order valence-corrected chi connectivity index (χ2v) is 5.86. The quantitative estimate of drug-likeness (QED) is 0.887. The third kappa shape index (κ3) is 3.31. The largest absolute Gasteiger partial charge is 0.308 e. The maximum absolute atomic E-state index is 13.2. The van der Waals surface area contributed by atoms with Gasteiger partial charge < -0.3 is 10.2 Å². The molecule has 1 unspecified atom stereocenters. The molecular formula is C15H24FN3. The monoisotopic (exact) mass is 265 g/mol. The number of pyridine rings is 1. The highest BCUT2D eigenvalue weighted by Crippen LogP contribution is 2.33. The second kappa shape index (κ2) is 5.97. The van der Waals surface area contributed by atoms with Gasteiger partial charge in [-0.15, -0.1) is 0 Å². The molecule has 1 aromatic rings. The normalized spacial score (nSPS) is 19.8. The van der Waals surface area contributed by atoms with Crippen molar-refractivity contribution >= 4 is 0 Å². The molecule has 1 N–H and O–H groups in total. The Morgan fingerprint density at radius 3 is 2.63 bits per heavy atom. The van der Waals surface area contributed by atoms with Crippen molar-refractivity contribution in [1.82, 2.24) is 15.2 Å². The molecule has 19 heavy (non-hydrogen) atoms. The molecule has 1 aliphatic carbocycles. The van der Waals surface area contributed by atoms with Crippen molar-refractivity contribution < 1.29 is 4.39 Å². The number of nitrogens with zero attached hydrogens (tertiary/aromatic N) is 2. The zero-order valence-corrected chi connectivity index (χ0v) is 12.1. The Labute approximate surface area is 115 Å². The number of halogens is 1. The third-order valence-corrected chi connectivity index (χ3v) is 4.45. The molecule has 106 valence electrons. The lowest BCUT2D eigenvalue weighted by Gasteiger charge is -2.37. The number of aromatic nitrogens is 1. The lowest BCUT2D eigenvalue weighted by atomic mass is 9.95. The van der Waals surface area contributed by atoms with Crippen LogP contribution in [0.1, 0.15) is 44.2 Å². The first-order chi connectivity index (χ1) is 9.03. The van der Waals surface area contributed by atoms with Gasteiger partial charge >= 0.3 is 0 Å². The smallest absolute Gasteiger partial charge is 0.141 e. The fourth-order valence-electron chi connectivity index (χ4n) is 2.94. The van der Waals surface area contributed by atoms with Gasteiger partial charge in [-0.2, -0.15) is 0 Å². The third-order valence-electron chi connectivity index (χ3n) is 4.45. The van der Waals surface area contributed by atoms with Gasteiger partial charge in [0.25, 0.3) is 0 Å². The number of hydrogen-bond acceptors (Lipinski definition) is 3. The molecule has 0 aromatic carbocycles. The standard InChI is InChI=1S/C15H24FN3/c1-12(13-8-14(16)10-17-9-13)18-11-15(19(2)3)6-4-5-7-15/h8-10,12,18H,4-7,11H2,1-3H3. The second-order valence-electron chi connectivity index (χ2n) is 5.86. The first-order valence-electron chi connectivity index (χ1n) is 7.05. The van der Waals surface area contributed by atoms with Crippen molar-refractivity contribution in [3.05, 3.63) is 29.8 Å². The molecule has 1 heterocycles. The number of nitrogens with one attached hydrogen (secondary N) is 1. The zero-order valence-electron chi connectivity index (χ0n) is 12.1. The number of rotatable bonds is 5. The van der Waals surface area contributed by atoms with Crippen molar-refractivity contribution in [2.45, 2.75) is 44.2 Å². The first-order valence-corrected chi connectivity index (χ1v) is 7.05. The SMILES string of the molecule is CC(NCC1(N(C)C)CCCC1)c1cncc(F)c1. The van der Waals surface area contributed by atoms with Crippen LogP contribution in [0, 0.1) is 5.82 Å². The molecule has 4 heteroatoms. The van der Waals surface area contributed by atoms with Crippen molar-refractivity contribution in [3.63, 3.8) is 0 Å². The topological polar surface area (TPSA) is 28.2 Å². The Kier molecular flexibility index (Phi) is 4.53. The van der Waals surface area contributed by atoms with Gasteiger partial charge in [0.05, 0.1) is 6.20 Å². The van der Waals surface area contributed by atoms with E-state index in [1.165, 1.54) is 31.9 Å². The number of likely N-dealkylation sites (N-methyl/N-ethyl adjacent to an activating group) is 1. The van der Waals surface area contributed by atoms with Crippen LogP contribution in [0.4, 0.5) is 4.39 Å². The summed E-state index contributed by atoms with van der Waals surface area (Å²) in [5.74, 6) is -0.269. The molecule has 1 aliphatic rings. The van der Waals surface area contributed by atoms with Gasteiger partial charge in [-0.25, -0.2) is 4.39 Å². The Morgan fingerprint density at radius 1 is 1.37 bits per heavy atom. The molecular weight excluding hydrogens is 241 g/mol. The molecule has 1 fully saturated rings. The molecule has 1 atom stereocenters. The summed E-state index contributed by atoms with van der Waals surface area (Å²) >= 11 is 0. The summed E-state index contributed by atoms with van der Waals surface area (Å²) in [6.07, 6.45) is 8.06. The Hall–Kier alpha value is -1.00. The minimum absolute atomic E-state index is 0.126. The minimum Gasteiger partial charge on any atom is -0.308 e. The molecule has 0 bridgehead atoms. The van der Waals surface area contributed by atoms with Crippen LogP contribution < -0.4 is 5.32 Å². The summed E-state index contributed by atoms with van der Waals surface area (Å²) in [7, 11) is 4.31. The van der Waals surface area contributed by atoms with Gasteiger partial charge in [0.15, 0.2) is 0 Å². The van der Waals surface area contributed by atoms with Gasteiger partial charge in [0.2, 0.25) is 0 Å². The van der Waals surface area contributed by atoms with Crippen LogP contribution in [-0.2, 0) is 0 Å². The molecule has 0 radical (unpaired) electrons. The van der Waals surface area contributed by atoms with Crippen LogP contribution in [0.3, 0.4) is 0 Å². The van der Waals surface area contributed by atoms with E-state index < -0.39 is 0 Å².